The van der Waals surface area contributed by atoms with Crippen LogP contribution in [-0.2, 0) is 0 Å². The number of aromatic nitrogens is 1. The molecule has 124 valence electrons. The van der Waals surface area contributed by atoms with Crippen molar-refractivity contribution >= 4 is 41.3 Å². The lowest BCUT2D eigenvalue weighted by Crippen LogP contribution is -2.08. The zero-order chi connectivity index (χ0) is 17.6. The first-order valence-corrected chi connectivity index (χ1v) is 8.23. The molecule has 0 radical (unpaired) electrons. The van der Waals surface area contributed by atoms with Gasteiger partial charge in [0.15, 0.2) is 0 Å². The van der Waals surface area contributed by atoms with E-state index in [0.29, 0.717) is 21.4 Å². The van der Waals surface area contributed by atoms with Crippen LogP contribution in [0.2, 0.25) is 10.0 Å². The number of hydrogen-bond acceptors (Lipinski definition) is 3. The van der Waals surface area contributed by atoms with Crippen molar-refractivity contribution in [2.75, 3.05) is 0 Å². The molecule has 1 heterocycles. The van der Waals surface area contributed by atoms with Crippen LogP contribution in [0.25, 0.3) is 12.2 Å². The van der Waals surface area contributed by atoms with Crippen molar-refractivity contribution in [2.24, 2.45) is 0 Å². The van der Waals surface area contributed by atoms with Crippen LogP contribution in [-0.4, -0.2) is 11.0 Å². The first kappa shape index (κ1) is 17.2. The van der Waals surface area contributed by atoms with Gasteiger partial charge in [0.1, 0.15) is 5.75 Å². The summed E-state index contributed by atoms with van der Waals surface area (Å²) in [7, 11) is 0. The van der Waals surface area contributed by atoms with Gasteiger partial charge in [-0.15, -0.1) is 0 Å². The highest BCUT2D eigenvalue weighted by atomic mass is 35.5. The molecule has 3 nitrogen and oxygen atoms in total. The molecule has 0 spiro atoms. The zero-order valence-electron chi connectivity index (χ0n) is 13.0. The molecule has 1 aromatic heterocycles. The number of ether oxygens (including phenoxy) is 1. The Labute approximate surface area is 155 Å². The molecule has 0 aliphatic rings. The van der Waals surface area contributed by atoms with Crippen LogP contribution in [0.4, 0.5) is 0 Å². The zero-order valence-corrected chi connectivity index (χ0v) is 14.5. The molecule has 0 aliphatic heterocycles. The maximum absolute atomic E-state index is 12.1. The summed E-state index contributed by atoms with van der Waals surface area (Å²) in [5.41, 5.74) is 2.40. The van der Waals surface area contributed by atoms with Crippen LogP contribution < -0.4 is 4.74 Å². The largest absolute Gasteiger partial charge is 0.423 e. The Bertz CT molecular complexity index is 907. The smallest absolute Gasteiger partial charge is 0.343 e. The molecule has 2 aromatic carbocycles. The van der Waals surface area contributed by atoms with Gasteiger partial charge in [0.25, 0.3) is 0 Å². The van der Waals surface area contributed by atoms with E-state index < -0.39 is 5.97 Å². The number of hydrogen-bond donors (Lipinski definition) is 0. The Kier molecular flexibility index (Phi) is 5.49. The number of esters is 1. The van der Waals surface area contributed by atoms with E-state index in [4.69, 9.17) is 27.9 Å². The highest BCUT2D eigenvalue weighted by molar-refractivity contribution is 6.42. The molecule has 3 rings (SSSR count). The first-order chi connectivity index (χ1) is 12.1. The minimum absolute atomic E-state index is 0.313. The number of pyridine rings is 1. The number of nitrogens with zero attached hydrogens (tertiary/aromatic N) is 1. The Balaban J connectivity index is 1.67. The topological polar surface area (TPSA) is 39.2 Å². The van der Waals surface area contributed by atoms with Crippen LogP contribution in [0, 0.1) is 0 Å². The van der Waals surface area contributed by atoms with Gasteiger partial charge >= 0.3 is 5.97 Å². The fraction of sp³-hybridized carbons (Fsp3) is 0. The van der Waals surface area contributed by atoms with Gasteiger partial charge in [-0.3, -0.25) is 4.98 Å². The second kappa shape index (κ2) is 7.97. The van der Waals surface area contributed by atoms with Crippen LogP contribution >= 0.6 is 23.2 Å². The quantitative estimate of drug-likeness (QED) is 0.432. The molecule has 5 heteroatoms. The molecular formula is C20H13Cl2NO2. The maximum atomic E-state index is 12.1. The molecule has 0 unspecified atom stereocenters. The SMILES string of the molecule is O=C(Oc1ccc(/C=C/c2ccncc2)cc1)c1ccc(Cl)c(Cl)c1. The van der Waals surface area contributed by atoms with Crippen LogP contribution in [0.15, 0.2) is 67.0 Å². The second-order valence-corrected chi connectivity index (χ2v) is 6.02. The van der Waals surface area contributed by atoms with E-state index in [1.807, 2.05) is 36.4 Å². The molecule has 0 saturated carbocycles. The van der Waals surface area contributed by atoms with Gasteiger partial charge in [-0.05, 0) is 53.6 Å². The summed E-state index contributed by atoms with van der Waals surface area (Å²) in [6.07, 6.45) is 7.44. The summed E-state index contributed by atoms with van der Waals surface area (Å²) in [5.74, 6) is -0.0317. The lowest BCUT2D eigenvalue weighted by Gasteiger charge is -2.05. The summed E-state index contributed by atoms with van der Waals surface area (Å²) >= 11 is 11.8. The van der Waals surface area contributed by atoms with E-state index in [1.54, 1.807) is 36.7 Å². The van der Waals surface area contributed by atoms with Gasteiger partial charge in [-0.2, -0.15) is 0 Å². The first-order valence-electron chi connectivity index (χ1n) is 7.47. The van der Waals surface area contributed by atoms with Crippen molar-refractivity contribution in [3.8, 4) is 5.75 Å². The lowest BCUT2D eigenvalue weighted by atomic mass is 10.1. The fourth-order valence-electron chi connectivity index (χ4n) is 2.10. The third-order valence-corrected chi connectivity index (χ3v) is 4.16. The molecule has 0 fully saturated rings. The van der Waals surface area contributed by atoms with Crippen LogP contribution in [0.5, 0.6) is 5.75 Å². The fourth-order valence-corrected chi connectivity index (χ4v) is 2.40. The van der Waals surface area contributed by atoms with E-state index in [1.165, 1.54) is 6.07 Å². The number of carbonyl (C=O) groups is 1. The van der Waals surface area contributed by atoms with Crippen molar-refractivity contribution in [2.45, 2.75) is 0 Å². The van der Waals surface area contributed by atoms with Gasteiger partial charge in [-0.1, -0.05) is 47.5 Å². The molecule has 0 bridgehead atoms. The number of halogens is 2. The highest BCUT2D eigenvalue weighted by Crippen LogP contribution is 2.23. The molecule has 3 aromatic rings. The highest BCUT2D eigenvalue weighted by Gasteiger charge is 2.10. The monoisotopic (exact) mass is 369 g/mol. The third-order valence-electron chi connectivity index (χ3n) is 3.42. The van der Waals surface area contributed by atoms with Gasteiger partial charge in [0, 0.05) is 12.4 Å². The number of rotatable bonds is 4. The minimum atomic E-state index is -0.487. The Morgan fingerprint density at radius 2 is 1.48 bits per heavy atom. The molecule has 0 amide bonds. The summed E-state index contributed by atoms with van der Waals surface area (Å²) in [4.78, 5) is 16.1. The van der Waals surface area contributed by atoms with Crippen molar-refractivity contribution in [1.82, 2.24) is 4.98 Å². The summed E-state index contributed by atoms with van der Waals surface area (Å²) < 4.78 is 5.34. The maximum Gasteiger partial charge on any atom is 0.343 e. The van der Waals surface area contributed by atoms with E-state index in [9.17, 15) is 4.79 Å². The minimum Gasteiger partial charge on any atom is -0.423 e. The lowest BCUT2D eigenvalue weighted by molar-refractivity contribution is 0.0735. The van der Waals surface area contributed by atoms with Gasteiger partial charge in [0.05, 0.1) is 15.6 Å². The van der Waals surface area contributed by atoms with Crippen molar-refractivity contribution in [1.29, 1.82) is 0 Å². The van der Waals surface area contributed by atoms with Gasteiger partial charge < -0.3 is 4.74 Å². The Morgan fingerprint density at radius 3 is 2.12 bits per heavy atom. The van der Waals surface area contributed by atoms with Crippen LogP contribution in [0.1, 0.15) is 21.5 Å². The molecule has 0 aliphatic carbocycles. The Hall–Kier alpha value is -2.62. The summed E-state index contributed by atoms with van der Waals surface area (Å²) in [6.45, 7) is 0. The number of carbonyl (C=O) groups excluding carboxylic acids is 1. The number of benzene rings is 2. The van der Waals surface area contributed by atoms with Crippen molar-refractivity contribution < 1.29 is 9.53 Å². The normalized spacial score (nSPS) is 10.8. The molecule has 0 N–H and O–H groups in total. The summed E-state index contributed by atoms with van der Waals surface area (Å²) in [5, 5.41) is 0.705. The molecule has 0 atom stereocenters. The molecular weight excluding hydrogens is 357 g/mol. The predicted octanol–water partition coefficient (Wildman–Crippen LogP) is 5.78. The average Bonchev–Trinajstić information content (AvgIpc) is 2.64. The Morgan fingerprint density at radius 1 is 0.840 bits per heavy atom. The second-order valence-electron chi connectivity index (χ2n) is 5.20. The molecule has 0 saturated heterocycles. The van der Waals surface area contributed by atoms with Gasteiger partial charge in [0.2, 0.25) is 0 Å². The summed E-state index contributed by atoms with van der Waals surface area (Å²) in [6, 6.07) is 15.7. The van der Waals surface area contributed by atoms with E-state index in [2.05, 4.69) is 4.98 Å². The predicted molar refractivity (Wildman–Crippen MR) is 101 cm³/mol. The average molecular weight is 370 g/mol. The van der Waals surface area contributed by atoms with E-state index in [-0.39, 0.29) is 0 Å². The third kappa shape index (κ3) is 4.69. The standard InChI is InChI=1S/C20H13Cl2NO2/c21-18-8-5-16(13-19(18)22)20(24)25-17-6-3-14(4-7-17)1-2-15-9-11-23-12-10-15/h1-13H/b2-1+. The van der Waals surface area contributed by atoms with Crippen molar-refractivity contribution in [3.63, 3.8) is 0 Å². The molecule has 25 heavy (non-hydrogen) atoms. The van der Waals surface area contributed by atoms with Crippen LogP contribution in [0.3, 0.4) is 0 Å². The van der Waals surface area contributed by atoms with E-state index in [0.717, 1.165) is 11.1 Å². The van der Waals surface area contributed by atoms with E-state index >= 15 is 0 Å². The van der Waals surface area contributed by atoms with Gasteiger partial charge in [-0.25, -0.2) is 4.79 Å². The van der Waals surface area contributed by atoms with Crippen molar-refractivity contribution in [3.05, 3.63) is 93.7 Å².